The molecule has 0 amide bonds. The van der Waals surface area contributed by atoms with E-state index in [4.69, 9.17) is 4.74 Å². The summed E-state index contributed by atoms with van der Waals surface area (Å²) in [7, 11) is 0. The minimum absolute atomic E-state index is 0.0612. The number of ether oxygens (including phenoxy) is 1. The zero-order valence-electron chi connectivity index (χ0n) is 9.54. The minimum atomic E-state index is 0.0612. The van der Waals surface area contributed by atoms with E-state index >= 15 is 0 Å². The van der Waals surface area contributed by atoms with Gasteiger partial charge in [-0.3, -0.25) is 0 Å². The topological polar surface area (TPSA) is 9.23 Å². The van der Waals surface area contributed by atoms with Crippen molar-refractivity contribution in [2.75, 3.05) is 0 Å². The summed E-state index contributed by atoms with van der Waals surface area (Å²) in [6.45, 7) is 3.94. The van der Waals surface area contributed by atoms with Crippen molar-refractivity contribution in [1.29, 1.82) is 0 Å². The SMILES string of the molecule is C=C[C@H]1c2ccccc2O[C@H]1c1ccccc1. The fourth-order valence-electron chi connectivity index (χ4n) is 2.41. The van der Waals surface area contributed by atoms with Gasteiger partial charge in [0.05, 0.1) is 0 Å². The molecule has 0 spiro atoms. The molecule has 2 atom stereocenters. The molecule has 3 rings (SSSR count). The highest BCUT2D eigenvalue weighted by Gasteiger charge is 2.32. The Morgan fingerprint density at radius 3 is 2.41 bits per heavy atom. The third-order valence-corrected chi connectivity index (χ3v) is 3.24. The van der Waals surface area contributed by atoms with Crippen LogP contribution in [0, 0.1) is 0 Å². The highest BCUT2D eigenvalue weighted by atomic mass is 16.5. The van der Waals surface area contributed by atoms with Crippen LogP contribution in [0.2, 0.25) is 0 Å². The second-order valence-electron chi connectivity index (χ2n) is 4.25. The van der Waals surface area contributed by atoms with Gasteiger partial charge >= 0.3 is 0 Å². The molecule has 2 aromatic carbocycles. The van der Waals surface area contributed by atoms with Crippen LogP contribution in [0.5, 0.6) is 5.75 Å². The van der Waals surface area contributed by atoms with Gasteiger partial charge < -0.3 is 4.74 Å². The average molecular weight is 222 g/mol. The summed E-state index contributed by atoms with van der Waals surface area (Å²) in [5.74, 6) is 1.22. The van der Waals surface area contributed by atoms with Gasteiger partial charge in [-0.2, -0.15) is 0 Å². The van der Waals surface area contributed by atoms with Gasteiger partial charge in [0.1, 0.15) is 11.9 Å². The van der Waals surface area contributed by atoms with Crippen LogP contribution in [0.15, 0.2) is 67.3 Å². The lowest BCUT2D eigenvalue weighted by molar-refractivity contribution is 0.225. The second-order valence-corrected chi connectivity index (χ2v) is 4.25. The molecular formula is C16H14O. The molecule has 0 unspecified atom stereocenters. The van der Waals surface area contributed by atoms with Crippen molar-refractivity contribution in [2.24, 2.45) is 0 Å². The number of benzene rings is 2. The first-order chi connectivity index (χ1) is 8.40. The molecule has 0 aromatic heterocycles. The van der Waals surface area contributed by atoms with E-state index < -0.39 is 0 Å². The van der Waals surface area contributed by atoms with Gasteiger partial charge in [-0.15, -0.1) is 6.58 Å². The maximum atomic E-state index is 6.03. The van der Waals surface area contributed by atoms with Crippen molar-refractivity contribution in [3.05, 3.63) is 78.4 Å². The van der Waals surface area contributed by atoms with Crippen molar-refractivity contribution in [3.8, 4) is 5.75 Å². The first-order valence-corrected chi connectivity index (χ1v) is 5.83. The smallest absolute Gasteiger partial charge is 0.134 e. The van der Waals surface area contributed by atoms with Crippen LogP contribution in [0.1, 0.15) is 23.1 Å². The highest BCUT2D eigenvalue weighted by molar-refractivity contribution is 5.45. The molecule has 1 heteroatoms. The van der Waals surface area contributed by atoms with E-state index in [0.29, 0.717) is 0 Å². The Morgan fingerprint density at radius 1 is 0.941 bits per heavy atom. The molecule has 0 aliphatic carbocycles. The third kappa shape index (κ3) is 1.64. The molecular weight excluding hydrogens is 208 g/mol. The number of hydrogen-bond donors (Lipinski definition) is 0. The van der Waals surface area contributed by atoms with Gasteiger partial charge in [0.15, 0.2) is 0 Å². The normalized spacial score (nSPS) is 21.6. The molecule has 0 N–H and O–H groups in total. The Bertz CT molecular complexity index is 530. The molecule has 2 aromatic rings. The molecule has 0 saturated heterocycles. The summed E-state index contributed by atoms with van der Waals surface area (Å²) in [6, 6.07) is 18.5. The van der Waals surface area contributed by atoms with Crippen molar-refractivity contribution < 1.29 is 4.74 Å². The molecule has 1 nitrogen and oxygen atoms in total. The molecule has 0 radical (unpaired) electrons. The summed E-state index contributed by atoms with van der Waals surface area (Å²) < 4.78 is 6.03. The Kier molecular flexibility index (Phi) is 2.45. The van der Waals surface area contributed by atoms with Crippen LogP contribution in [0.3, 0.4) is 0 Å². The van der Waals surface area contributed by atoms with E-state index in [0.717, 1.165) is 5.75 Å². The van der Waals surface area contributed by atoms with Gasteiger partial charge in [0.2, 0.25) is 0 Å². The van der Waals surface area contributed by atoms with E-state index in [-0.39, 0.29) is 12.0 Å². The van der Waals surface area contributed by atoms with E-state index in [2.05, 4.69) is 24.8 Å². The zero-order valence-corrected chi connectivity index (χ0v) is 9.54. The van der Waals surface area contributed by atoms with Crippen LogP contribution in [-0.4, -0.2) is 0 Å². The minimum Gasteiger partial charge on any atom is -0.484 e. The lowest BCUT2D eigenvalue weighted by Crippen LogP contribution is -2.07. The summed E-state index contributed by atoms with van der Waals surface area (Å²) >= 11 is 0. The standard InChI is InChI=1S/C16H14O/c1-2-13-14-10-6-7-11-15(14)17-16(13)12-8-4-3-5-9-12/h2-11,13,16H,1H2/t13-,16-/m0/s1. The molecule has 0 saturated carbocycles. The van der Waals surface area contributed by atoms with Crippen LogP contribution in [-0.2, 0) is 0 Å². The maximum absolute atomic E-state index is 6.03. The first-order valence-electron chi connectivity index (χ1n) is 5.83. The quantitative estimate of drug-likeness (QED) is 0.695. The van der Waals surface area contributed by atoms with Gasteiger partial charge in [-0.25, -0.2) is 0 Å². The molecule has 17 heavy (non-hydrogen) atoms. The van der Waals surface area contributed by atoms with Crippen LogP contribution < -0.4 is 4.74 Å². The fourth-order valence-corrected chi connectivity index (χ4v) is 2.41. The molecule has 1 aliphatic rings. The van der Waals surface area contributed by atoms with Gasteiger partial charge in [-0.1, -0.05) is 54.6 Å². The lowest BCUT2D eigenvalue weighted by atomic mass is 9.91. The lowest BCUT2D eigenvalue weighted by Gasteiger charge is -2.16. The summed E-state index contributed by atoms with van der Waals surface area (Å²) in [5.41, 5.74) is 2.44. The van der Waals surface area contributed by atoms with E-state index in [1.165, 1.54) is 11.1 Å². The van der Waals surface area contributed by atoms with Gasteiger partial charge in [0.25, 0.3) is 0 Å². The average Bonchev–Trinajstić information content (AvgIpc) is 2.78. The number of rotatable bonds is 2. The van der Waals surface area contributed by atoms with E-state index in [1.54, 1.807) is 0 Å². The number of hydrogen-bond acceptors (Lipinski definition) is 1. The van der Waals surface area contributed by atoms with E-state index in [1.807, 2.05) is 42.5 Å². The maximum Gasteiger partial charge on any atom is 0.134 e. The predicted molar refractivity (Wildman–Crippen MR) is 69.2 cm³/mol. The zero-order chi connectivity index (χ0) is 11.7. The highest BCUT2D eigenvalue weighted by Crippen LogP contribution is 2.46. The molecule has 84 valence electrons. The fraction of sp³-hybridized carbons (Fsp3) is 0.125. The monoisotopic (exact) mass is 222 g/mol. The molecule has 0 bridgehead atoms. The summed E-state index contributed by atoms with van der Waals surface area (Å²) in [6.07, 6.45) is 2.04. The number of fused-ring (bicyclic) bond motifs is 1. The van der Waals surface area contributed by atoms with E-state index in [9.17, 15) is 0 Å². The Morgan fingerprint density at radius 2 is 1.65 bits per heavy atom. The van der Waals surface area contributed by atoms with Gasteiger partial charge in [-0.05, 0) is 11.6 Å². The van der Waals surface area contributed by atoms with Crippen molar-refractivity contribution in [3.63, 3.8) is 0 Å². The first kappa shape index (κ1) is 10.2. The van der Waals surface area contributed by atoms with Crippen molar-refractivity contribution in [1.82, 2.24) is 0 Å². The molecule has 1 aliphatic heterocycles. The second kappa shape index (κ2) is 4.10. The Hall–Kier alpha value is -2.02. The number of para-hydroxylation sites is 1. The Labute approximate surface area is 101 Å². The third-order valence-electron chi connectivity index (χ3n) is 3.24. The predicted octanol–water partition coefficient (Wildman–Crippen LogP) is 4.09. The van der Waals surface area contributed by atoms with Crippen LogP contribution >= 0.6 is 0 Å². The van der Waals surface area contributed by atoms with Crippen LogP contribution in [0.4, 0.5) is 0 Å². The summed E-state index contributed by atoms with van der Waals surface area (Å²) in [5, 5.41) is 0. The van der Waals surface area contributed by atoms with Crippen LogP contribution in [0.25, 0.3) is 0 Å². The largest absolute Gasteiger partial charge is 0.484 e. The van der Waals surface area contributed by atoms with Gasteiger partial charge in [0, 0.05) is 11.5 Å². The molecule has 1 heterocycles. The Balaban J connectivity index is 2.03. The van der Waals surface area contributed by atoms with Crippen molar-refractivity contribution in [2.45, 2.75) is 12.0 Å². The van der Waals surface area contributed by atoms with Crippen molar-refractivity contribution >= 4 is 0 Å². The molecule has 0 fully saturated rings. The summed E-state index contributed by atoms with van der Waals surface area (Å²) in [4.78, 5) is 0.